The summed E-state index contributed by atoms with van der Waals surface area (Å²) in [5.41, 5.74) is 3.52. The van der Waals surface area contributed by atoms with Crippen molar-refractivity contribution in [3.8, 4) is 0 Å². The Morgan fingerprint density at radius 3 is 2.93 bits per heavy atom. The summed E-state index contributed by atoms with van der Waals surface area (Å²) in [6.45, 7) is 4.31. The molecule has 5 nitrogen and oxygen atoms in total. The van der Waals surface area contributed by atoms with E-state index in [1.54, 1.807) is 22.2 Å². The number of nitrogens with zero attached hydrogens (tertiary/aromatic N) is 3. The van der Waals surface area contributed by atoms with Crippen molar-refractivity contribution in [3.63, 3.8) is 0 Å². The number of hydrogen-bond acceptors (Lipinski definition) is 4. The first-order valence-corrected chi connectivity index (χ1v) is 10.1. The van der Waals surface area contributed by atoms with E-state index in [-0.39, 0.29) is 17.5 Å². The van der Waals surface area contributed by atoms with Crippen molar-refractivity contribution < 1.29 is 4.79 Å². The van der Waals surface area contributed by atoms with Crippen LogP contribution in [0.2, 0.25) is 0 Å². The Morgan fingerprint density at radius 2 is 2.11 bits per heavy atom. The van der Waals surface area contributed by atoms with Gasteiger partial charge in [0.1, 0.15) is 4.83 Å². The SMILES string of the molecule is Cc1sc2ncn(CCC(=O)N(C)C3CCc4ccccc43)c(=O)c2c1C. The van der Waals surface area contributed by atoms with Crippen LogP contribution in [0.15, 0.2) is 35.4 Å². The molecule has 0 saturated heterocycles. The number of hydrogen-bond donors (Lipinski definition) is 0. The van der Waals surface area contributed by atoms with Crippen molar-refractivity contribution in [2.75, 3.05) is 7.05 Å². The summed E-state index contributed by atoms with van der Waals surface area (Å²) in [5, 5.41) is 0.686. The standard InChI is InChI=1S/C21H23N3O2S/c1-13-14(2)27-20-19(13)21(26)24(12-22-20)11-10-18(25)23(3)17-9-8-15-6-4-5-7-16(15)17/h4-7,12,17H,8-11H2,1-3H3. The number of carbonyl (C=O) groups excluding carboxylic acids is 1. The first-order valence-electron chi connectivity index (χ1n) is 9.26. The van der Waals surface area contributed by atoms with E-state index in [1.807, 2.05) is 37.9 Å². The average molecular weight is 382 g/mol. The van der Waals surface area contributed by atoms with Crippen LogP contribution in [-0.4, -0.2) is 27.4 Å². The van der Waals surface area contributed by atoms with Gasteiger partial charge >= 0.3 is 0 Å². The van der Waals surface area contributed by atoms with E-state index >= 15 is 0 Å². The van der Waals surface area contributed by atoms with Gasteiger partial charge in [-0.3, -0.25) is 14.2 Å². The Hall–Kier alpha value is -2.47. The number of rotatable bonds is 4. The van der Waals surface area contributed by atoms with Crippen LogP contribution in [0.3, 0.4) is 0 Å². The molecule has 27 heavy (non-hydrogen) atoms. The fourth-order valence-electron chi connectivity index (χ4n) is 3.93. The van der Waals surface area contributed by atoms with Crippen LogP contribution < -0.4 is 5.56 Å². The summed E-state index contributed by atoms with van der Waals surface area (Å²) in [7, 11) is 1.87. The Kier molecular flexibility index (Phi) is 4.60. The number of thiophene rings is 1. The Labute approximate surface area is 162 Å². The summed E-state index contributed by atoms with van der Waals surface area (Å²) in [4.78, 5) is 33.7. The fraction of sp³-hybridized carbons (Fsp3) is 0.381. The third-order valence-electron chi connectivity index (χ3n) is 5.68. The summed E-state index contributed by atoms with van der Waals surface area (Å²) in [6, 6.07) is 8.46. The van der Waals surface area contributed by atoms with Gasteiger partial charge in [-0.05, 0) is 43.4 Å². The Balaban J connectivity index is 1.50. The quantitative estimate of drug-likeness (QED) is 0.694. The lowest BCUT2D eigenvalue weighted by atomic mass is 10.1. The van der Waals surface area contributed by atoms with Crippen molar-refractivity contribution in [1.82, 2.24) is 14.5 Å². The predicted molar refractivity (Wildman–Crippen MR) is 108 cm³/mol. The molecule has 0 radical (unpaired) electrons. The molecule has 0 saturated carbocycles. The van der Waals surface area contributed by atoms with Crippen LogP contribution in [0.4, 0.5) is 0 Å². The Morgan fingerprint density at radius 1 is 1.33 bits per heavy atom. The highest BCUT2D eigenvalue weighted by Gasteiger charge is 2.28. The van der Waals surface area contributed by atoms with Gasteiger partial charge in [-0.2, -0.15) is 0 Å². The third kappa shape index (κ3) is 3.08. The van der Waals surface area contributed by atoms with Crippen molar-refractivity contribution in [1.29, 1.82) is 0 Å². The number of aryl methyl sites for hydroxylation is 4. The zero-order valence-corrected chi connectivity index (χ0v) is 16.7. The molecule has 0 bridgehead atoms. The zero-order chi connectivity index (χ0) is 19.1. The highest BCUT2D eigenvalue weighted by atomic mass is 32.1. The van der Waals surface area contributed by atoms with E-state index in [2.05, 4.69) is 17.1 Å². The molecule has 0 aliphatic heterocycles. The highest BCUT2D eigenvalue weighted by molar-refractivity contribution is 7.18. The van der Waals surface area contributed by atoms with Crippen molar-refractivity contribution in [2.24, 2.45) is 0 Å². The molecule has 1 aliphatic carbocycles. The molecule has 1 atom stereocenters. The van der Waals surface area contributed by atoms with Gasteiger partial charge in [0.25, 0.3) is 5.56 Å². The summed E-state index contributed by atoms with van der Waals surface area (Å²) >= 11 is 1.54. The van der Waals surface area contributed by atoms with E-state index in [0.717, 1.165) is 28.1 Å². The number of carbonyl (C=O) groups is 1. The lowest BCUT2D eigenvalue weighted by Crippen LogP contribution is -2.32. The van der Waals surface area contributed by atoms with Gasteiger partial charge in [0.05, 0.1) is 17.8 Å². The zero-order valence-electron chi connectivity index (χ0n) is 15.9. The highest BCUT2D eigenvalue weighted by Crippen LogP contribution is 2.35. The van der Waals surface area contributed by atoms with Gasteiger partial charge in [0.2, 0.25) is 5.91 Å². The Bertz CT molecular complexity index is 1080. The number of fused-ring (bicyclic) bond motifs is 2. The summed E-state index contributed by atoms with van der Waals surface area (Å²) in [5.74, 6) is 0.0573. The second-order valence-electron chi connectivity index (χ2n) is 7.21. The monoisotopic (exact) mass is 381 g/mol. The largest absolute Gasteiger partial charge is 0.339 e. The molecular weight excluding hydrogens is 358 g/mol. The normalized spacial score (nSPS) is 15.9. The van der Waals surface area contributed by atoms with E-state index < -0.39 is 0 Å². The number of amides is 1. The molecule has 2 heterocycles. The molecule has 1 aromatic carbocycles. The molecule has 1 amide bonds. The average Bonchev–Trinajstić information content (AvgIpc) is 3.22. The molecule has 2 aromatic heterocycles. The minimum Gasteiger partial charge on any atom is -0.339 e. The van der Waals surface area contributed by atoms with Crippen LogP contribution in [0.1, 0.15) is 40.5 Å². The van der Waals surface area contributed by atoms with Crippen molar-refractivity contribution >= 4 is 27.5 Å². The molecule has 140 valence electrons. The van der Waals surface area contributed by atoms with E-state index in [1.165, 1.54) is 11.1 Å². The van der Waals surface area contributed by atoms with E-state index in [0.29, 0.717) is 18.4 Å². The van der Waals surface area contributed by atoms with Gasteiger partial charge in [-0.15, -0.1) is 11.3 Å². The second-order valence-corrected chi connectivity index (χ2v) is 8.42. The summed E-state index contributed by atoms with van der Waals surface area (Å²) in [6.07, 6.45) is 3.83. The third-order valence-corrected chi connectivity index (χ3v) is 6.80. The number of benzene rings is 1. The van der Waals surface area contributed by atoms with Gasteiger partial charge in [0, 0.05) is 24.9 Å². The first-order chi connectivity index (χ1) is 13.0. The topological polar surface area (TPSA) is 55.2 Å². The molecule has 0 N–H and O–H groups in total. The minimum atomic E-state index is -0.0523. The van der Waals surface area contributed by atoms with E-state index in [9.17, 15) is 9.59 Å². The maximum absolute atomic E-state index is 12.8. The van der Waals surface area contributed by atoms with Crippen LogP contribution >= 0.6 is 11.3 Å². The molecular formula is C21H23N3O2S. The molecule has 3 aromatic rings. The first kappa shape index (κ1) is 17.9. The molecule has 6 heteroatoms. The van der Waals surface area contributed by atoms with Gasteiger partial charge in [-0.1, -0.05) is 24.3 Å². The van der Waals surface area contributed by atoms with Crippen LogP contribution in [0.25, 0.3) is 10.2 Å². The maximum atomic E-state index is 12.8. The van der Waals surface area contributed by atoms with Crippen molar-refractivity contribution in [2.45, 2.75) is 45.7 Å². The number of aromatic nitrogens is 2. The lowest BCUT2D eigenvalue weighted by molar-refractivity contribution is -0.132. The molecule has 1 unspecified atom stereocenters. The predicted octanol–water partition coefficient (Wildman–Crippen LogP) is 3.61. The smallest absolute Gasteiger partial charge is 0.262 e. The van der Waals surface area contributed by atoms with Crippen LogP contribution in [-0.2, 0) is 17.8 Å². The molecule has 0 fully saturated rings. The van der Waals surface area contributed by atoms with Gasteiger partial charge in [0.15, 0.2) is 0 Å². The van der Waals surface area contributed by atoms with Gasteiger partial charge in [-0.25, -0.2) is 4.98 Å². The molecule has 0 spiro atoms. The van der Waals surface area contributed by atoms with Crippen LogP contribution in [0, 0.1) is 13.8 Å². The fourth-order valence-corrected chi connectivity index (χ4v) is 4.92. The minimum absolute atomic E-state index is 0.0523. The lowest BCUT2D eigenvalue weighted by Gasteiger charge is -2.25. The summed E-state index contributed by atoms with van der Waals surface area (Å²) < 4.78 is 1.57. The molecule has 1 aliphatic rings. The van der Waals surface area contributed by atoms with Gasteiger partial charge < -0.3 is 4.90 Å². The van der Waals surface area contributed by atoms with Crippen LogP contribution in [0.5, 0.6) is 0 Å². The molecule has 4 rings (SSSR count). The van der Waals surface area contributed by atoms with Crippen molar-refractivity contribution in [3.05, 3.63) is 62.5 Å². The maximum Gasteiger partial charge on any atom is 0.262 e. The second kappa shape index (κ2) is 6.93. The van der Waals surface area contributed by atoms with E-state index in [4.69, 9.17) is 0 Å².